The number of halogens is 1. The molecule has 1 fully saturated rings. The molecule has 112 valence electrons. The average Bonchev–Trinajstić information content (AvgIpc) is 2.41. The van der Waals surface area contributed by atoms with E-state index in [4.69, 9.17) is 5.73 Å². The first kappa shape index (κ1) is 15.7. The first-order valence-electron chi connectivity index (χ1n) is 6.41. The van der Waals surface area contributed by atoms with Crippen molar-refractivity contribution >= 4 is 31.8 Å². The number of aliphatic hydroxyl groups excluding tert-OH is 1. The number of nitrogens with zero attached hydrogens (tertiary/aromatic N) is 2. The summed E-state index contributed by atoms with van der Waals surface area (Å²) in [6.07, 6.45) is 3.92. The lowest BCUT2D eigenvalue weighted by atomic mass is 9.93. The Morgan fingerprint density at radius 1 is 1.45 bits per heavy atom. The molecule has 0 bridgehead atoms. The highest BCUT2D eigenvalue weighted by Crippen LogP contribution is 2.29. The van der Waals surface area contributed by atoms with Crippen molar-refractivity contribution in [3.63, 3.8) is 0 Å². The Bertz CT molecular complexity index is 594. The van der Waals surface area contributed by atoms with Gasteiger partial charge < -0.3 is 10.8 Å². The number of hydrogen-bond acceptors (Lipinski definition) is 5. The molecule has 0 spiro atoms. The molecule has 1 heterocycles. The lowest BCUT2D eigenvalue weighted by Gasteiger charge is -2.34. The van der Waals surface area contributed by atoms with Crippen LogP contribution >= 0.6 is 15.9 Å². The molecule has 20 heavy (non-hydrogen) atoms. The van der Waals surface area contributed by atoms with Crippen LogP contribution in [0.4, 0.5) is 5.82 Å². The van der Waals surface area contributed by atoms with Crippen LogP contribution in [0.5, 0.6) is 0 Å². The predicted molar refractivity (Wildman–Crippen MR) is 79.6 cm³/mol. The third-order valence-corrected chi connectivity index (χ3v) is 6.01. The highest BCUT2D eigenvalue weighted by Gasteiger charge is 2.35. The maximum absolute atomic E-state index is 12.6. The van der Waals surface area contributed by atoms with E-state index in [1.807, 2.05) is 0 Å². The minimum absolute atomic E-state index is 0.0350. The molecule has 0 amide bonds. The number of aromatic nitrogens is 1. The number of aliphatic hydroxyl groups is 1. The maximum atomic E-state index is 12.6. The first-order chi connectivity index (χ1) is 9.34. The Balaban J connectivity index is 2.36. The van der Waals surface area contributed by atoms with Gasteiger partial charge in [0, 0.05) is 17.7 Å². The molecule has 0 saturated heterocycles. The van der Waals surface area contributed by atoms with E-state index in [0.717, 1.165) is 12.8 Å². The van der Waals surface area contributed by atoms with Crippen molar-refractivity contribution in [3.05, 3.63) is 16.7 Å². The summed E-state index contributed by atoms with van der Waals surface area (Å²) in [6, 6.07) is 1.02. The predicted octanol–water partition coefficient (Wildman–Crippen LogP) is 1.35. The fourth-order valence-electron chi connectivity index (χ4n) is 2.49. The van der Waals surface area contributed by atoms with Crippen LogP contribution in [0.25, 0.3) is 0 Å². The van der Waals surface area contributed by atoms with E-state index in [1.165, 1.54) is 23.6 Å². The van der Waals surface area contributed by atoms with Crippen LogP contribution < -0.4 is 5.73 Å². The molecule has 6 nitrogen and oxygen atoms in total. The number of anilines is 1. The van der Waals surface area contributed by atoms with Gasteiger partial charge in [0.1, 0.15) is 10.7 Å². The van der Waals surface area contributed by atoms with Gasteiger partial charge in [0.05, 0.1) is 12.1 Å². The van der Waals surface area contributed by atoms with Gasteiger partial charge in [-0.2, -0.15) is 4.31 Å². The van der Waals surface area contributed by atoms with Crippen LogP contribution in [0, 0.1) is 0 Å². The normalized spacial score (nSPS) is 24.0. The Hall–Kier alpha value is -0.700. The first-order valence-corrected chi connectivity index (χ1v) is 8.64. The van der Waals surface area contributed by atoms with E-state index < -0.39 is 22.2 Å². The lowest BCUT2D eigenvalue weighted by molar-refractivity contribution is 0.0638. The van der Waals surface area contributed by atoms with Crippen molar-refractivity contribution in [1.82, 2.24) is 9.29 Å². The topological polar surface area (TPSA) is 96.5 Å². The van der Waals surface area contributed by atoms with Gasteiger partial charge in [-0.25, -0.2) is 13.4 Å². The molecular formula is C12H18BrN3O3S. The minimum atomic E-state index is -3.77. The summed E-state index contributed by atoms with van der Waals surface area (Å²) in [5.41, 5.74) is 5.68. The molecule has 0 aliphatic heterocycles. The van der Waals surface area contributed by atoms with E-state index >= 15 is 0 Å². The number of nitrogens with two attached hydrogens (primary N) is 1. The van der Waals surface area contributed by atoms with Crippen LogP contribution in [0.15, 0.2) is 21.6 Å². The van der Waals surface area contributed by atoms with Crippen LogP contribution in [-0.4, -0.2) is 42.0 Å². The van der Waals surface area contributed by atoms with E-state index in [0.29, 0.717) is 17.3 Å². The van der Waals surface area contributed by atoms with Gasteiger partial charge in [-0.15, -0.1) is 0 Å². The highest BCUT2D eigenvalue weighted by molar-refractivity contribution is 9.10. The largest absolute Gasteiger partial charge is 0.391 e. The van der Waals surface area contributed by atoms with Crippen molar-refractivity contribution in [2.45, 2.75) is 42.7 Å². The summed E-state index contributed by atoms with van der Waals surface area (Å²) >= 11 is 3.20. The van der Waals surface area contributed by atoms with Crippen molar-refractivity contribution in [1.29, 1.82) is 0 Å². The Labute approximate surface area is 127 Å². The third-order valence-electron chi connectivity index (χ3n) is 3.67. The second-order valence-corrected chi connectivity index (χ2v) is 7.86. The van der Waals surface area contributed by atoms with Crippen molar-refractivity contribution in [2.24, 2.45) is 0 Å². The number of pyridine rings is 1. The number of likely N-dealkylation sites (N-methyl/N-ethyl adjacent to an activating group) is 1. The van der Waals surface area contributed by atoms with Crippen molar-refractivity contribution in [2.75, 3.05) is 12.8 Å². The van der Waals surface area contributed by atoms with Crippen molar-refractivity contribution in [3.8, 4) is 0 Å². The molecule has 1 aliphatic carbocycles. The second-order valence-electron chi connectivity index (χ2n) is 4.98. The molecular weight excluding hydrogens is 346 g/mol. The molecule has 1 saturated carbocycles. The monoisotopic (exact) mass is 363 g/mol. The van der Waals surface area contributed by atoms with Crippen LogP contribution in [-0.2, 0) is 10.0 Å². The number of sulfonamides is 1. The Kier molecular flexibility index (Phi) is 4.68. The summed E-state index contributed by atoms with van der Waals surface area (Å²) in [5.74, 6) is -0.0367. The standard InChI is InChI=1S/C12H18BrN3O3S/c1-16(9-4-2-3-5-10(9)17)20(18,19)11-6-8(13)7-15-12(11)14/h6-7,9-10,17H,2-5H2,1H3,(H2,14,15). The van der Waals surface area contributed by atoms with Gasteiger partial charge in [-0.1, -0.05) is 12.8 Å². The Morgan fingerprint density at radius 3 is 2.75 bits per heavy atom. The summed E-state index contributed by atoms with van der Waals surface area (Å²) in [7, 11) is -2.29. The smallest absolute Gasteiger partial charge is 0.246 e. The van der Waals surface area contributed by atoms with Crippen LogP contribution in [0.2, 0.25) is 0 Å². The number of hydrogen-bond donors (Lipinski definition) is 2. The zero-order valence-corrected chi connectivity index (χ0v) is 13.6. The summed E-state index contributed by atoms with van der Waals surface area (Å²) in [4.78, 5) is 3.82. The van der Waals surface area contributed by atoms with Gasteiger partial charge in [0.15, 0.2) is 0 Å². The third kappa shape index (κ3) is 2.98. The van der Waals surface area contributed by atoms with E-state index in [-0.39, 0.29) is 10.7 Å². The molecule has 1 aromatic rings. The van der Waals surface area contributed by atoms with Gasteiger partial charge in [0.25, 0.3) is 0 Å². The molecule has 1 aliphatic rings. The molecule has 2 unspecified atom stereocenters. The molecule has 0 radical (unpaired) electrons. The van der Waals surface area contributed by atoms with Crippen LogP contribution in [0.3, 0.4) is 0 Å². The molecule has 8 heteroatoms. The summed E-state index contributed by atoms with van der Waals surface area (Å²) < 4.78 is 27.0. The fourth-order valence-corrected chi connectivity index (χ4v) is 4.48. The number of rotatable bonds is 3. The van der Waals surface area contributed by atoms with E-state index in [9.17, 15) is 13.5 Å². The summed E-state index contributed by atoms with van der Waals surface area (Å²) in [6.45, 7) is 0. The molecule has 2 atom stereocenters. The number of nitrogen functional groups attached to an aromatic ring is 1. The SMILES string of the molecule is CN(C1CCCCC1O)S(=O)(=O)c1cc(Br)cnc1N. The van der Waals surface area contributed by atoms with E-state index in [2.05, 4.69) is 20.9 Å². The molecule has 2 rings (SSSR count). The molecule has 1 aromatic heterocycles. The Morgan fingerprint density at radius 2 is 2.10 bits per heavy atom. The quantitative estimate of drug-likeness (QED) is 0.844. The van der Waals surface area contributed by atoms with Gasteiger partial charge >= 0.3 is 0 Å². The average molecular weight is 364 g/mol. The fraction of sp³-hybridized carbons (Fsp3) is 0.583. The summed E-state index contributed by atoms with van der Waals surface area (Å²) in [5, 5.41) is 10.0. The minimum Gasteiger partial charge on any atom is -0.391 e. The lowest BCUT2D eigenvalue weighted by Crippen LogP contribution is -2.46. The second kappa shape index (κ2) is 5.97. The van der Waals surface area contributed by atoms with Crippen LogP contribution in [0.1, 0.15) is 25.7 Å². The molecule has 3 N–H and O–H groups in total. The van der Waals surface area contributed by atoms with Gasteiger partial charge in [-0.3, -0.25) is 0 Å². The van der Waals surface area contributed by atoms with Crippen molar-refractivity contribution < 1.29 is 13.5 Å². The molecule has 0 aromatic carbocycles. The van der Waals surface area contributed by atoms with Gasteiger partial charge in [0.2, 0.25) is 10.0 Å². The highest BCUT2D eigenvalue weighted by atomic mass is 79.9. The van der Waals surface area contributed by atoms with E-state index in [1.54, 1.807) is 0 Å². The zero-order valence-electron chi connectivity index (χ0n) is 11.2. The van der Waals surface area contributed by atoms with Gasteiger partial charge in [-0.05, 0) is 34.8 Å². The zero-order chi connectivity index (χ0) is 14.9. The maximum Gasteiger partial charge on any atom is 0.246 e.